The number of nitrogens with zero attached hydrogens (tertiary/aromatic N) is 1. The summed E-state index contributed by atoms with van der Waals surface area (Å²) >= 11 is 0. The van der Waals surface area contributed by atoms with Crippen LogP contribution in [0.25, 0.3) is 0 Å². The topological polar surface area (TPSA) is 43.7 Å². The first-order valence-electron chi connectivity index (χ1n) is 7.96. The van der Waals surface area contributed by atoms with Gasteiger partial charge in [0.05, 0.1) is 12.7 Å². The maximum atomic E-state index is 10.3. The molecular weight excluding hydrogens is 238 g/mol. The van der Waals surface area contributed by atoms with Crippen molar-refractivity contribution in [1.29, 1.82) is 0 Å². The quantitative estimate of drug-likeness (QED) is 0.748. The van der Waals surface area contributed by atoms with E-state index in [1.165, 1.54) is 0 Å². The highest BCUT2D eigenvalue weighted by Gasteiger charge is 2.35. The van der Waals surface area contributed by atoms with Crippen LogP contribution in [-0.4, -0.2) is 47.0 Å². The Morgan fingerprint density at radius 1 is 1.26 bits per heavy atom. The zero-order chi connectivity index (χ0) is 14.5. The van der Waals surface area contributed by atoms with Gasteiger partial charge in [-0.2, -0.15) is 0 Å². The summed E-state index contributed by atoms with van der Waals surface area (Å²) in [5, 5.41) is 19.5. The maximum Gasteiger partial charge on any atom is 0.0581 e. The van der Waals surface area contributed by atoms with Crippen LogP contribution >= 0.6 is 0 Å². The minimum absolute atomic E-state index is 0.163. The van der Waals surface area contributed by atoms with Crippen LogP contribution in [0.4, 0.5) is 0 Å². The minimum Gasteiger partial charge on any atom is -0.395 e. The van der Waals surface area contributed by atoms with E-state index in [4.69, 9.17) is 0 Å². The molecule has 1 fully saturated rings. The largest absolute Gasteiger partial charge is 0.395 e. The Kier molecular flexibility index (Phi) is 6.78. The first-order valence-corrected chi connectivity index (χ1v) is 7.96. The Balaban J connectivity index is 2.65. The van der Waals surface area contributed by atoms with Gasteiger partial charge in [-0.15, -0.1) is 0 Å². The fourth-order valence-electron chi connectivity index (χ4n) is 3.57. The molecule has 0 spiro atoms. The Morgan fingerprint density at radius 3 is 2.42 bits per heavy atom. The molecule has 19 heavy (non-hydrogen) atoms. The third-order valence-electron chi connectivity index (χ3n) is 4.79. The molecule has 0 heterocycles. The molecule has 0 radical (unpaired) electrons. The van der Waals surface area contributed by atoms with Crippen molar-refractivity contribution in [1.82, 2.24) is 4.90 Å². The Bertz CT molecular complexity index is 251. The summed E-state index contributed by atoms with van der Waals surface area (Å²) in [6, 6.07) is 0.532. The molecule has 0 aliphatic heterocycles. The average molecular weight is 271 g/mol. The summed E-state index contributed by atoms with van der Waals surface area (Å²) < 4.78 is 0. The average Bonchev–Trinajstić information content (AvgIpc) is 2.35. The van der Waals surface area contributed by atoms with Crippen LogP contribution in [0.5, 0.6) is 0 Å². The summed E-state index contributed by atoms with van der Waals surface area (Å²) in [5.41, 5.74) is 0.350. The number of rotatable bonds is 7. The van der Waals surface area contributed by atoms with E-state index >= 15 is 0 Å². The van der Waals surface area contributed by atoms with Crippen LogP contribution in [0.1, 0.15) is 59.8 Å². The van der Waals surface area contributed by atoms with Gasteiger partial charge < -0.3 is 10.2 Å². The van der Waals surface area contributed by atoms with Crippen LogP contribution in [0, 0.1) is 11.3 Å². The molecule has 0 amide bonds. The number of aliphatic hydroxyl groups excluding tert-OH is 2. The smallest absolute Gasteiger partial charge is 0.0581 e. The predicted octanol–water partition coefficient (Wildman–Crippen LogP) is 2.66. The molecule has 1 saturated carbocycles. The summed E-state index contributed by atoms with van der Waals surface area (Å²) in [5.74, 6) is 0.357. The highest BCUT2D eigenvalue weighted by molar-refractivity contribution is 4.87. The molecule has 0 aromatic rings. The Morgan fingerprint density at radius 2 is 1.89 bits per heavy atom. The van der Waals surface area contributed by atoms with Crippen LogP contribution in [0.3, 0.4) is 0 Å². The second kappa shape index (κ2) is 7.61. The van der Waals surface area contributed by atoms with Crippen molar-refractivity contribution in [2.75, 3.05) is 19.7 Å². The molecule has 3 nitrogen and oxygen atoms in total. The third kappa shape index (κ3) is 5.05. The van der Waals surface area contributed by atoms with Gasteiger partial charge in [0.25, 0.3) is 0 Å². The van der Waals surface area contributed by atoms with E-state index in [0.717, 1.165) is 45.2 Å². The summed E-state index contributed by atoms with van der Waals surface area (Å²) in [4.78, 5) is 2.38. The standard InChI is InChI=1S/C16H33NO2/c1-5-14(6-2)17(9-10-18)12-13-11-16(3,4)8-7-15(13)19/h13-15,18-19H,5-12H2,1-4H3. The fourth-order valence-corrected chi connectivity index (χ4v) is 3.57. The minimum atomic E-state index is -0.163. The Hall–Kier alpha value is -0.120. The second-order valence-electron chi connectivity index (χ2n) is 6.92. The van der Waals surface area contributed by atoms with Gasteiger partial charge >= 0.3 is 0 Å². The predicted molar refractivity (Wildman–Crippen MR) is 80.2 cm³/mol. The summed E-state index contributed by atoms with van der Waals surface area (Å²) in [6.07, 6.45) is 5.20. The lowest BCUT2D eigenvalue weighted by atomic mass is 9.70. The van der Waals surface area contributed by atoms with E-state index < -0.39 is 0 Å². The van der Waals surface area contributed by atoms with Gasteiger partial charge in [0.15, 0.2) is 0 Å². The zero-order valence-corrected chi connectivity index (χ0v) is 13.2. The van der Waals surface area contributed by atoms with Crippen molar-refractivity contribution in [3.63, 3.8) is 0 Å². The molecule has 0 bridgehead atoms. The number of hydrogen-bond acceptors (Lipinski definition) is 3. The first kappa shape index (κ1) is 16.9. The van der Waals surface area contributed by atoms with Crippen molar-refractivity contribution in [2.24, 2.45) is 11.3 Å². The second-order valence-corrected chi connectivity index (χ2v) is 6.92. The molecule has 1 aliphatic rings. The molecular formula is C16H33NO2. The van der Waals surface area contributed by atoms with Gasteiger partial charge in [0.2, 0.25) is 0 Å². The number of hydrogen-bond donors (Lipinski definition) is 2. The lowest BCUT2D eigenvalue weighted by Crippen LogP contribution is -2.45. The van der Waals surface area contributed by atoms with Crippen molar-refractivity contribution in [2.45, 2.75) is 71.9 Å². The van der Waals surface area contributed by atoms with E-state index in [0.29, 0.717) is 17.4 Å². The lowest BCUT2D eigenvalue weighted by molar-refractivity contribution is -0.00633. The van der Waals surface area contributed by atoms with Gasteiger partial charge in [-0.25, -0.2) is 0 Å². The lowest BCUT2D eigenvalue weighted by Gasteiger charge is -2.42. The highest BCUT2D eigenvalue weighted by atomic mass is 16.3. The zero-order valence-electron chi connectivity index (χ0n) is 13.2. The van der Waals surface area contributed by atoms with Gasteiger partial charge in [-0.1, -0.05) is 27.7 Å². The molecule has 2 N–H and O–H groups in total. The highest BCUT2D eigenvalue weighted by Crippen LogP contribution is 2.39. The molecule has 114 valence electrons. The normalized spacial score (nSPS) is 27.2. The molecule has 0 aromatic carbocycles. The van der Waals surface area contributed by atoms with E-state index in [1.54, 1.807) is 0 Å². The molecule has 1 aliphatic carbocycles. The third-order valence-corrected chi connectivity index (χ3v) is 4.79. The molecule has 2 unspecified atom stereocenters. The molecule has 1 rings (SSSR count). The first-order chi connectivity index (χ1) is 8.93. The van der Waals surface area contributed by atoms with Crippen molar-refractivity contribution >= 4 is 0 Å². The van der Waals surface area contributed by atoms with Crippen molar-refractivity contribution in [3.8, 4) is 0 Å². The van der Waals surface area contributed by atoms with E-state index in [9.17, 15) is 10.2 Å². The van der Waals surface area contributed by atoms with Gasteiger partial charge in [-0.3, -0.25) is 4.90 Å². The fraction of sp³-hybridized carbons (Fsp3) is 1.00. The van der Waals surface area contributed by atoms with Gasteiger partial charge in [0.1, 0.15) is 0 Å². The maximum absolute atomic E-state index is 10.3. The van der Waals surface area contributed by atoms with Gasteiger partial charge in [-0.05, 0) is 43.4 Å². The van der Waals surface area contributed by atoms with Crippen LogP contribution in [-0.2, 0) is 0 Å². The molecule has 3 heteroatoms. The van der Waals surface area contributed by atoms with E-state index in [-0.39, 0.29) is 12.7 Å². The molecule has 0 aromatic heterocycles. The molecule has 0 saturated heterocycles. The summed E-state index contributed by atoms with van der Waals surface area (Å²) in [7, 11) is 0. The van der Waals surface area contributed by atoms with Crippen LogP contribution < -0.4 is 0 Å². The number of aliphatic hydroxyl groups is 2. The van der Waals surface area contributed by atoms with Crippen LogP contribution in [0.2, 0.25) is 0 Å². The summed E-state index contributed by atoms with van der Waals surface area (Å²) in [6.45, 7) is 10.9. The monoisotopic (exact) mass is 271 g/mol. The Labute approximate surface area is 119 Å². The van der Waals surface area contributed by atoms with E-state index in [2.05, 4.69) is 32.6 Å². The van der Waals surface area contributed by atoms with E-state index in [1.807, 2.05) is 0 Å². The SMILES string of the molecule is CCC(CC)N(CCO)CC1CC(C)(C)CCC1O. The van der Waals surface area contributed by atoms with Crippen molar-refractivity contribution < 1.29 is 10.2 Å². The van der Waals surface area contributed by atoms with Gasteiger partial charge in [0, 0.05) is 19.1 Å². The molecule has 2 atom stereocenters. The van der Waals surface area contributed by atoms with Crippen LogP contribution in [0.15, 0.2) is 0 Å². The van der Waals surface area contributed by atoms with Crippen molar-refractivity contribution in [3.05, 3.63) is 0 Å².